The molecule has 2 rings (SSSR count). The van der Waals surface area contributed by atoms with Crippen LogP contribution < -0.4 is 10.5 Å². The molecular weight excluding hydrogens is 252 g/mol. The highest BCUT2D eigenvalue weighted by Gasteiger charge is 2.16. The maximum atomic E-state index is 12.4. The first-order valence-corrected chi connectivity index (χ1v) is 5.59. The molecule has 0 radical (unpaired) electrons. The Bertz CT molecular complexity index is 581. The number of alkyl halides is 2. The molecule has 0 amide bonds. The number of allylic oxidation sites excluding steroid dienone is 1. The maximum Gasteiger partial charge on any atom is 0.387 e. The SMILES string of the molecule is C=CCn1cnc(-c2ccccc2OC(F)F)c1N. The van der Waals surface area contributed by atoms with E-state index in [0.717, 1.165) is 0 Å². The Morgan fingerprint density at radius 3 is 2.84 bits per heavy atom. The van der Waals surface area contributed by atoms with Crippen molar-refractivity contribution in [2.45, 2.75) is 13.2 Å². The zero-order valence-corrected chi connectivity index (χ0v) is 10.1. The number of hydrogen-bond donors (Lipinski definition) is 1. The fourth-order valence-corrected chi connectivity index (χ4v) is 1.74. The molecule has 1 aromatic carbocycles. The minimum atomic E-state index is -2.89. The van der Waals surface area contributed by atoms with Crippen molar-refractivity contribution in [1.29, 1.82) is 0 Å². The molecule has 2 N–H and O–H groups in total. The van der Waals surface area contributed by atoms with Crippen molar-refractivity contribution in [2.75, 3.05) is 5.73 Å². The number of nitrogens with two attached hydrogens (primary N) is 1. The van der Waals surface area contributed by atoms with Crippen LogP contribution in [0.4, 0.5) is 14.6 Å². The molecule has 0 unspecified atom stereocenters. The molecule has 0 aliphatic heterocycles. The van der Waals surface area contributed by atoms with Crippen molar-refractivity contribution in [3.05, 3.63) is 43.2 Å². The van der Waals surface area contributed by atoms with E-state index in [2.05, 4.69) is 16.3 Å². The lowest BCUT2D eigenvalue weighted by Crippen LogP contribution is -2.04. The number of halogens is 2. The summed E-state index contributed by atoms with van der Waals surface area (Å²) >= 11 is 0. The summed E-state index contributed by atoms with van der Waals surface area (Å²) < 4.78 is 30.8. The third-order valence-corrected chi connectivity index (χ3v) is 2.56. The number of benzene rings is 1. The summed E-state index contributed by atoms with van der Waals surface area (Å²) in [4.78, 5) is 4.14. The molecule has 0 aliphatic rings. The molecule has 4 nitrogen and oxygen atoms in total. The average Bonchev–Trinajstić information content (AvgIpc) is 2.72. The minimum absolute atomic E-state index is 0.0491. The highest BCUT2D eigenvalue weighted by atomic mass is 19.3. The fraction of sp³-hybridized carbons (Fsp3) is 0.154. The van der Waals surface area contributed by atoms with E-state index in [0.29, 0.717) is 23.6 Å². The van der Waals surface area contributed by atoms with Crippen LogP contribution in [-0.2, 0) is 6.54 Å². The summed E-state index contributed by atoms with van der Waals surface area (Å²) in [5.41, 5.74) is 6.78. The van der Waals surface area contributed by atoms with Crippen molar-refractivity contribution in [2.24, 2.45) is 0 Å². The number of hydrogen-bond acceptors (Lipinski definition) is 3. The standard InChI is InChI=1S/C13H13F2N3O/c1-2-7-18-8-17-11(12(18)16)9-5-3-4-6-10(9)19-13(14)15/h2-6,8,13H,1,7,16H2. The number of para-hydroxylation sites is 1. The van der Waals surface area contributed by atoms with Crippen LogP contribution in [-0.4, -0.2) is 16.2 Å². The topological polar surface area (TPSA) is 53.1 Å². The number of aromatic nitrogens is 2. The van der Waals surface area contributed by atoms with Crippen LogP contribution in [0.25, 0.3) is 11.3 Å². The number of ether oxygens (including phenoxy) is 1. The summed E-state index contributed by atoms with van der Waals surface area (Å²) in [6, 6.07) is 6.40. The van der Waals surface area contributed by atoms with Gasteiger partial charge in [-0.1, -0.05) is 18.2 Å². The third-order valence-electron chi connectivity index (χ3n) is 2.56. The first-order valence-electron chi connectivity index (χ1n) is 5.59. The number of nitrogens with zero attached hydrogens (tertiary/aromatic N) is 2. The zero-order chi connectivity index (χ0) is 13.8. The molecule has 100 valence electrons. The Hall–Kier alpha value is -2.37. The number of anilines is 1. The van der Waals surface area contributed by atoms with Gasteiger partial charge in [0.25, 0.3) is 0 Å². The quantitative estimate of drug-likeness (QED) is 0.846. The van der Waals surface area contributed by atoms with Crippen LogP contribution >= 0.6 is 0 Å². The van der Waals surface area contributed by atoms with Gasteiger partial charge in [-0.05, 0) is 12.1 Å². The van der Waals surface area contributed by atoms with E-state index in [-0.39, 0.29) is 5.75 Å². The van der Waals surface area contributed by atoms with Crippen LogP contribution in [0.2, 0.25) is 0 Å². The Kier molecular flexibility index (Phi) is 3.79. The number of nitrogen functional groups attached to an aromatic ring is 1. The molecule has 1 aromatic heterocycles. The van der Waals surface area contributed by atoms with Gasteiger partial charge in [-0.2, -0.15) is 8.78 Å². The van der Waals surface area contributed by atoms with Gasteiger partial charge in [-0.25, -0.2) is 4.98 Å². The highest BCUT2D eigenvalue weighted by molar-refractivity contribution is 5.75. The molecular formula is C13H13F2N3O. The molecule has 0 aliphatic carbocycles. The Morgan fingerprint density at radius 2 is 2.16 bits per heavy atom. The molecule has 0 saturated heterocycles. The predicted molar refractivity (Wildman–Crippen MR) is 68.9 cm³/mol. The Labute approximate surface area is 109 Å². The summed E-state index contributed by atoms with van der Waals surface area (Å²) in [6.45, 7) is 1.21. The normalized spacial score (nSPS) is 10.7. The van der Waals surface area contributed by atoms with Gasteiger partial charge >= 0.3 is 6.61 Å². The molecule has 0 saturated carbocycles. The van der Waals surface area contributed by atoms with Crippen LogP contribution in [0, 0.1) is 0 Å². The Balaban J connectivity index is 2.44. The van der Waals surface area contributed by atoms with E-state index in [1.165, 1.54) is 12.4 Å². The molecule has 0 fully saturated rings. The first kappa shape index (κ1) is 13.1. The number of rotatable bonds is 5. The zero-order valence-electron chi connectivity index (χ0n) is 10.1. The average molecular weight is 265 g/mol. The summed E-state index contributed by atoms with van der Waals surface area (Å²) in [6.07, 6.45) is 3.20. The lowest BCUT2D eigenvalue weighted by atomic mass is 10.1. The third kappa shape index (κ3) is 2.73. The molecule has 6 heteroatoms. The second kappa shape index (κ2) is 5.51. The van der Waals surface area contributed by atoms with Gasteiger partial charge in [0, 0.05) is 12.1 Å². The highest BCUT2D eigenvalue weighted by Crippen LogP contribution is 2.33. The lowest BCUT2D eigenvalue weighted by molar-refractivity contribution is -0.0494. The largest absolute Gasteiger partial charge is 0.434 e. The first-order chi connectivity index (χ1) is 9.13. The lowest BCUT2D eigenvalue weighted by Gasteiger charge is -2.09. The summed E-state index contributed by atoms with van der Waals surface area (Å²) in [7, 11) is 0. The van der Waals surface area contributed by atoms with E-state index in [1.54, 1.807) is 28.8 Å². The molecule has 0 atom stereocenters. The molecule has 0 spiro atoms. The van der Waals surface area contributed by atoms with Crippen molar-refractivity contribution in [3.8, 4) is 17.0 Å². The van der Waals surface area contributed by atoms with E-state index in [9.17, 15) is 8.78 Å². The minimum Gasteiger partial charge on any atom is -0.434 e. The van der Waals surface area contributed by atoms with E-state index < -0.39 is 6.61 Å². The van der Waals surface area contributed by atoms with Crippen molar-refractivity contribution >= 4 is 5.82 Å². The van der Waals surface area contributed by atoms with Crippen molar-refractivity contribution < 1.29 is 13.5 Å². The smallest absolute Gasteiger partial charge is 0.387 e. The second-order valence-electron chi connectivity index (χ2n) is 3.79. The molecule has 0 bridgehead atoms. The van der Waals surface area contributed by atoms with Gasteiger partial charge < -0.3 is 15.0 Å². The van der Waals surface area contributed by atoms with Gasteiger partial charge in [0.1, 0.15) is 17.3 Å². The Morgan fingerprint density at radius 1 is 1.42 bits per heavy atom. The van der Waals surface area contributed by atoms with Gasteiger partial charge in [-0.3, -0.25) is 0 Å². The van der Waals surface area contributed by atoms with Gasteiger partial charge in [-0.15, -0.1) is 6.58 Å². The van der Waals surface area contributed by atoms with Crippen LogP contribution in [0.5, 0.6) is 5.75 Å². The van der Waals surface area contributed by atoms with Gasteiger partial charge in [0.2, 0.25) is 0 Å². The van der Waals surface area contributed by atoms with Crippen LogP contribution in [0.3, 0.4) is 0 Å². The summed E-state index contributed by atoms with van der Waals surface area (Å²) in [5, 5.41) is 0. The van der Waals surface area contributed by atoms with Crippen LogP contribution in [0.15, 0.2) is 43.2 Å². The van der Waals surface area contributed by atoms with Gasteiger partial charge in [0.05, 0.1) is 6.33 Å². The van der Waals surface area contributed by atoms with E-state index in [1.807, 2.05) is 0 Å². The van der Waals surface area contributed by atoms with Gasteiger partial charge in [0.15, 0.2) is 0 Å². The monoisotopic (exact) mass is 265 g/mol. The second-order valence-corrected chi connectivity index (χ2v) is 3.79. The van der Waals surface area contributed by atoms with E-state index >= 15 is 0 Å². The maximum absolute atomic E-state index is 12.4. The molecule has 19 heavy (non-hydrogen) atoms. The van der Waals surface area contributed by atoms with Crippen LogP contribution in [0.1, 0.15) is 0 Å². The number of imidazole rings is 1. The predicted octanol–water partition coefficient (Wildman–Crippen LogP) is 2.92. The molecule has 1 heterocycles. The van der Waals surface area contributed by atoms with Crippen molar-refractivity contribution in [3.63, 3.8) is 0 Å². The summed E-state index contributed by atoms with van der Waals surface area (Å²) in [5.74, 6) is 0.429. The fourth-order valence-electron chi connectivity index (χ4n) is 1.74. The molecule has 2 aromatic rings. The van der Waals surface area contributed by atoms with Crippen molar-refractivity contribution in [1.82, 2.24) is 9.55 Å². The van der Waals surface area contributed by atoms with E-state index in [4.69, 9.17) is 5.73 Å².